The van der Waals surface area contributed by atoms with E-state index in [1.807, 2.05) is 6.26 Å². The molecule has 0 aliphatic heterocycles. The molecule has 0 N–H and O–H groups in total. The van der Waals surface area contributed by atoms with Gasteiger partial charge in [-0.15, -0.1) is 0 Å². The van der Waals surface area contributed by atoms with Gasteiger partial charge in [-0.3, -0.25) is 4.79 Å². The maximum atomic E-state index is 12.5. The highest BCUT2D eigenvalue weighted by Gasteiger charge is 2.30. The third-order valence-corrected chi connectivity index (χ3v) is 6.64. The zero-order valence-electron chi connectivity index (χ0n) is 18.5. The summed E-state index contributed by atoms with van der Waals surface area (Å²) in [5.74, 6) is 1.02. The van der Waals surface area contributed by atoms with Gasteiger partial charge in [0.1, 0.15) is 6.10 Å². The summed E-state index contributed by atoms with van der Waals surface area (Å²) < 4.78 is 11.7. The van der Waals surface area contributed by atoms with Crippen molar-refractivity contribution >= 4 is 5.97 Å². The van der Waals surface area contributed by atoms with Crippen LogP contribution in [-0.2, 0) is 14.3 Å². The fourth-order valence-corrected chi connectivity index (χ4v) is 4.66. The predicted molar refractivity (Wildman–Crippen MR) is 116 cm³/mol. The van der Waals surface area contributed by atoms with Crippen molar-refractivity contribution in [3.8, 4) is 0 Å². The fraction of sp³-hybridized carbons (Fsp3) is 0.880. The maximum absolute atomic E-state index is 12.5. The van der Waals surface area contributed by atoms with Crippen LogP contribution < -0.4 is 0 Å². The Kier molecular flexibility index (Phi) is 11.7. The second kappa shape index (κ2) is 14.1. The first kappa shape index (κ1) is 23.3. The number of carbonyl (C=O) groups excluding carboxylic acids is 1. The average molecular weight is 393 g/mol. The maximum Gasteiger partial charge on any atom is 0.309 e. The first-order valence-corrected chi connectivity index (χ1v) is 12.2. The number of carbonyl (C=O) groups is 1. The van der Waals surface area contributed by atoms with E-state index in [1.165, 1.54) is 57.8 Å². The van der Waals surface area contributed by atoms with E-state index in [2.05, 4.69) is 19.9 Å². The second-order valence-electron chi connectivity index (χ2n) is 9.05. The van der Waals surface area contributed by atoms with E-state index >= 15 is 0 Å². The second-order valence-corrected chi connectivity index (χ2v) is 9.05. The van der Waals surface area contributed by atoms with E-state index < -0.39 is 0 Å². The number of hydrogen-bond donors (Lipinski definition) is 0. The molecule has 2 aliphatic rings. The molecular formula is C25H44O3. The van der Waals surface area contributed by atoms with Gasteiger partial charge in [-0.2, -0.15) is 0 Å². The summed E-state index contributed by atoms with van der Waals surface area (Å²) in [5, 5.41) is 0. The number of hydrogen-bond acceptors (Lipinski definition) is 3. The largest absolute Gasteiger partial charge is 0.498 e. The van der Waals surface area contributed by atoms with Gasteiger partial charge in [-0.05, 0) is 76.2 Å². The van der Waals surface area contributed by atoms with Crippen molar-refractivity contribution < 1.29 is 14.3 Å². The lowest BCUT2D eigenvalue weighted by Gasteiger charge is -2.31. The van der Waals surface area contributed by atoms with Gasteiger partial charge in [0.05, 0.1) is 18.3 Å². The topological polar surface area (TPSA) is 35.5 Å². The Morgan fingerprint density at radius 2 is 1.46 bits per heavy atom. The van der Waals surface area contributed by atoms with Crippen molar-refractivity contribution in [3.63, 3.8) is 0 Å². The van der Waals surface area contributed by atoms with E-state index in [9.17, 15) is 4.79 Å². The molecule has 0 saturated heterocycles. The van der Waals surface area contributed by atoms with Crippen molar-refractivity contribution in [3.05, 3.63) is 12.3 Å². The molecule has 3 nitrogen and oxygen atoms in total. The molecule has 0 bridgehead atoms. The molecule has 0 unspecified atom stereocenters. The molecule has 2 aliphatic carbocycles. The highest BCUT2D eigenvalue weighted by atomic mass is 16.5. The first-order valence-electron chi connectivity index (χ1n) is 12.2. The van der Waals surface area contributed by atoms with Crippen LogP contribution in [0.1, 0.15) is 117 Å². The molecule has 0 atom stereocenters. The summed E-state index contributed by atoms with van der Waals surface area (Å²) in [6.07, 6.45) is 23.2. The van der Waals surface area contributed by atoms with Crippen LogP contribution >= 0.6 is 0 Å². The third-order valence-electron chi connectivity index (χ3n) is 6.64. The van der Waals surface area contributed by atoms with Gasteiger partial charge in [0, 0.05) is 0 Å². The summed E-state index contributed by atoms with van der Waals surface area (Å²) in [6.45, 7) is 4.49. The molecule has 2 rings (SSSR count). The van der Waals surface area contributed by atoms with Gasteiger partial charge in [-0.25, -0.2) is 0 Å². The molecule has 2 saturated carbocycles. The Labute approximate surface area is 173 Å². The minimum Gasteiger partial charge on any atom is -0.498 e. The highest BCUT2D eigenvalue weighted by Crippen LogP contribution is 2.32. The summed E-state index contributed by atoms with van der Waals surface area (Å²) in [4.78, 5) is 12.5. The third kappa shape index (κ3) is 9.01. The molecule has 0 heterocycles. The standard InChI is InChI=1S/C25H44O3/c1-3-5-7-8-10-20-27-23-18-14-22(15-19-23)25(26)28-24-16-12-21(13-17-24)11-9-6-4-2/h10,20-24H,3-9,11-19H2,1-2H3/b20-10-. The van der Waals surface area contributed by atoms with Crippen LogP contribution in [0, 0.1) is 11.8 Å². The monoisotopic (exact) mass is 392 g/mol. The van der Waals surface area contributed by atoms with Crippen molar-refractivity contribution in [2.45, 2.75) is 129 Å². The zero-order chi connectivity index (χ0) is 20.0. The van der Waals surface area contributed by atoms with Crippen molar-refractivity contribution in [2.75, 3.05) is 0 Å². The number of unbranched alkanes of at least 4 members (excludes halogenated alkanes) is 5. The van der Waals surface area contributed by atoms with Crippen LogP contribution in [0.3, 0.4) is 0 Å². The molecule has 162 valence electrons. The van der Waals surface area contributed by atoms with E-state index in [0.29, 0.717) is 0 Å². The van der Waals surface area contributed by atoms with Crippen LogP contribution in [-0.4, -0.2) is 18.2 Å². The van der Waals surface area contributed by atoms with E-state index in [-0.39, 0.29) is 24.1 Å². The molecule has 0 aromatic heterocycles. The Morgan fingerprint density at radius 1 is 0.821 bits per heavy atom. The highest BCUT2D eigenvalue weighted by molar-refractivity contribution is 5.72. The lowest BCUT2D eigenvalue weighted by molar-refractivity contribution is -0.157. The van der Waals surface area contributed by atoms with Gasteiger partial charge in [0.15, 0.2) is 0 Å². The Balaban J connectivity index is 1.56. The lowest BCUT2D eigenvalue weighted by atomic mass is 9.83. The number of ether oxygens (including phenoxy) is 2. The van der Waals surface area contributed by atoms with Crippen LogP contribution in [0.4, 0.5) is 0 Å². The normalized spacial score (nSPS) is 28.4. The SMILES string of the molecule is CCCCC/C=C\OC1CCC(C(=O)OC2CCC(CCCCC)CC2)CC1. The molecule has 0 radical (unpaired) electrons. The predicted octanol–water partition coefficient (Wildman–Crippen LogP) is 7.34. The van der Waals surface area contributed by atoms with Gasteiger partial charge in [0.2, 0.25) is 0 Å². The van der Waals surface area contributed by atoms with Crippen LogP contribution in [0.5, 0.6) is 0 Å². The van der Waals surface area contributed by atoms with Crippen LogP contribution in [0.25, 0.3) is 0 Å². The zero-order valence-corrected chi connectivity index (χ0v) is 18.5. The molecule has 0 amide bonds. The fourth-order valence-electron chi connectivity index (χ4n) is 4.66. The molecule has 0 spiro atoms. The summed E-state index contributed by atoms with van der Waals surface area (Å²) in [5.41, 5.74) is 0. The van der Waals surface area contributed by atoms with E-state index in [4.69, 9.17) is 9.47 Å². The molecule has 0 aromatic rings. The Hall–Kier alpha value is -0.990. The van der Waals surface area contributed by atoms with Crippen molar-refractivity contribution in [1.82, 2.24) is 0 Å². The van der Waals surface area contributed by atoms with Crippen molar-refractivity contribution in [2.24, 2.45) is 11.8 Å². The Bertz CT molecular complexity index is 429. The molecule has 3 heteroatoms. The van der Waals surface area contributed by atoms with Gasteiger partial charge < -0.3 is 9.47 Å². The van der Waals surface area contributed by atoms with Gasteiger partial charge in [-0.1, -0.05) is 52.4 Å². The smallest absolute Gasteiger partial charge is 0.309 e. The van der Waals surface area contributed by atoms with E-state index in [1.54, 1.807) is 0 Å². The minimum absolute atomic E-state index is 0.0583. The summed E-state index contributed by atoms with van der Waals surface area (Å²) >= 11 is 0. The average Bonchev–Trinajstić information content (AvgIpc) is 2.72. The summed E-state index contributed by atoms with van der Waals surface area (Å²) in [7, 11) is 0. The van der Waals surface area contributed by atoms with Crippen LogP contribution in [0.2, 0.25) is 0 Å². The summed E-state index contributed by atoms with van der Waals surface area (Å²) in [6, 6.07) is 0. The molecular weight excluding hydrogens is 348 g/mol. The number of rotatable bonds is 12. The van der Waals surface area contributed by atoms with Crippen LogP contribution in [0.15, 0.2) is 12.3 Å². The lowest BCUT2D eigenvalue weighted by Crippen LogP contribution is -2.31. The quantitative estimate of drug-likeness (QED) is 0.198. The minimum atomic E-state index is 0.0583. The van der Waals surface area contributed by atoms with Gasteiger partial charge in [0.25, 0.3) is 0 Å². The Morgan fingerprint density at radius 3 is 2.14 bits per heavy atom. The number of esters is 1. The molecule has 28 heavy (non-hydrogen) atoms. The van der Waals surface area contributed by atoms with E-state index in [0.717, 1.165) is 50.9 Å². The molecule has 2 fully saturated rings. The first-order chi connectivity index (χ1) is 13.7. The van der Waals surface area contributed by atoms with Gasteiger partial charge >= 0.3 is 5.97 Å². The van der Waals surface area contributed by atoms with Crippen molar-refractivity contribution in [1.29, 1.82) is 0 Å². The molecule has 0 aromatic carbocycles. The number of allylic oxidation sites excluding steroid dienone is 1.